The molecule has 0 amide bonds. The van der Waals surface area contributed by atoms with E-state index in [1.54, 1.807) is 0 Å². The van der Waals surface area contributed by atoms with Gasteiger partial charge in [-0.2, -0.15) is 0 Å². The van der Waals surface area contributed by atoms with Gasteiger partial charge in [-0.1, -0.05) is 6.92 Å². The first-order valence-electron chi connectivity index (χ1n) is 9.63. The van der Waals surface area contributed by atoms with Crippen LogP contribution >= 0.6 is 0 Å². The molecule has 5 nitrogen and oxygen atoms in total. The zero-order chi connectivity index (χ0) is 16.9. The number of epoxide rings is 1. The Hall–Kier alpha value is -0.650. The molecule has 4 fully saturated rings. The van der Waals surface area contributed by atoms with Gasteiger partial charge >= 0.3 is 5.97 Å². The van der Waals surface area contributed by atoms with Crippen LogP contribution in [0.5, 0.6) is 0 Å². The third-order valence-electron chi connectivity index (χ3n) is 7.18. The number of ether oxygens (including phenoxy) is 2. The van der Waals surface area contributed by atoms with E-state index in [1.807, 2.05) is 0 Å². The first-order valence-corrected chi connectivity index (χ1v) is 9.63. The van der Waals surface area contributed by atoms with Gasteiger partial charge in [0.05, 0.1) is 18.1 Å². The lowest BCUT2D eigenvalue weighted by atomic mass is 9.53. The van der Waals surface area contributed by atoms with Crippen molar-refractivity contribution in [2.45, 2.75) is 50.7 Å². The molecule has 1 N–H and O–H groups in total. The molecule has 136 valence electrons. The van der Waals surface area contributed by atoms with Crippen LogP contribution < -0.4 is 5.32 Å². The smallest absolute Gasteiger partial charge is 0.310 e. The lowest BCUT2D eigenvalue weighted by molar-refractivity contribution is -0.147. The SMILES string of the molecule is CN(C)CCNC[C@@H]1C(=O)O[C@@H]2C[C@@]3(C)CCC[C@]4(CO4)[C@@H]3C[C@H]12. The van der Waals surface area contributed by atoms with Gasteiger partial charge in [-0.25, -0.2) is 0 Å². The van der Waals surface area contributed by atoms with Crippen LogP contribution in [0.1, 0.15) is 39.0 Å². The van der Waals surface area contributed by atoms with Gasteiger partial charge in [0.2, 0.25) is 0 Å². The van der Waals surface area contributed by atoms with Gasteiger partial charge < -0.3 is 19.7 Å². The second kappa shape index (κ2) is 5.96. The summed E-state index contributed by atoms with van der Waals surface area (Å²) in [5.74, 6) is 1.04. The maximum atomic E-state index is 12.5. The average Bonchev–Trinajstić information content (AvgIpc) is 3.20. The van der Waals surface area contributed by atoms with Crippen molar-refractivity contribution in [2.75, 3.05) is 40.3 Å². The number of carbonyl (C=O) groups is 1. The van der Waals surface area contributed by atoms with Crippen LogP contribution in [-0.2, 0) is 14.3 Å². The van der Waals surface area contributed by atoms with Gasteiger partial charge in [-0.15, -0.1) is 0 Å². The van der Waals surface area contributed by atoms with E-state index in [1.165, 1.54) is 19.3 Å². The molecule has 2 aliphatic carbocycles. The highest BCUT2D eigenvalue weighted by atomic mass is 16.6. The minimum Gasteiger partial charge on any atom is -0.462 e. The van der Waals surface area contributed by atoms with Crippen molar-refractivity contribution in [3.8, 4) is 0 Å². The third kappa shape index (κ3) is 2.78. The zero-order valence-electron chi connectivity index (χ0n) is 15.3. The molecular formula is C19H32N2O3. The van der Waals surface area contributed by atoms with Crippen molar-refractivity contribution in [2.24, 2.45) is 23.2 Å². The highest BCUT2D eigenvalue weighted by Gasteiger charge is 2.64. The number of likely N-dealkylation sites (N-methyl/N-ethyl adjacent to an activating group) is 1. The number of fused-ring (bicyclic) bond motifs is 3. The van der Waals surface area contributed by atoms with E-state index in [2.05, 4.69) is 31.2 Å². The van der Waals surface area contributed by atoms with Crippen molar-refractivity contribution in [3.63, 3.8) is 0 Å². The standard InChI is InChI=1S/C19H32N2O3/c1-18-5-4-6-19(12-23-19)16(18)9-13-14(11-20-7-8-21(2)3)17(22)24-15(13)10-18/h13-16,20H,4-12H2,1-3H3/t13-,14+,15-,16-,18-,19+/m1/s1. The van der Waals surface area contributed by atoms with Crippen molar-refractivity contribution >= 4 is 5.97 Å². The molecule has 4 rings (SSSR count). The molecule has 6 atom stereocenters. The molecule has 5 heteroatoms. The minimum atomic E-state index is 0.0235. The van der Waals surface area contributed by atoms with Crippen LogP contribution in [0.25, 0.3) is 0 Å². The van der Waals surface area contributed by atoms with Gasteiger partial charge in [-0.05, 0) is 57.5 Å². The molecule has 24 heavy (non-hydrogen) atoms. The molecule has 2 saturated heterocycles. The van der Waals surface area contributed by atoms with Crippen LogP contribution in [0.3, 0.4) is 0 Å². The monoisotopic (exact) mass is 336 g/mol. The van der Waals surface area contributed by atoms with Crippen LogP contribution in [-0.4, -0.2) is 62.9 Å². The summed E-state index contributed by atoms with van der Waals surface area (Å²) >= 11 is 0. The second-order valence-electron chi connectivity index (χ2n) is 9.11. The Balaban J connectivity index is 1.43. The van der Waals surface area contributed by atoms with E-state index in [0.29, 0.717) is 17.3 Å². The van der Waals surface area contributed by atoms with Crippen molar-refractivity contribution in [1.29, 1.82) is 0 Å². The Labute approximate surface area is 145 Å². The van der Waals surface area contributed by atoms with Crippen LogP contribution in [0.15, 0.2) is 0 Å². The Bertz CT molecular complexity index is 505. The predicted octanol–water partition coefficient (Wildman–Crippen LogP) is 1.66. The summed E-state index contributed by atoms with van der Waals surface area (Å²) in [5.41, 5.74) is 0.440. The summed E-state index contributed by atoms with van der Waals surface area (Å²) in [5, 5.41) is 3.47. The number of hydrogen-bond donors (Lipinski definition) is 1. The fourth-order valence-corrected chi connectivity index (χ4v) is 5.75. The van der Waals surface area contributed by atoms with Gasteiger partial charge in [0.15, 0.2) is 0 Å². The van der Waals surface area contributed by atoms with Gasteiger partial charge in [-0.3, -0.25) is 4.79 Å². The van der Waals surface area contributed by atoms with Crippen molar-refractivity contribution in [3.05, 3.63) is 0 Å². The summed E-state index contributed by atoms with van der Waals surface area (Å²) in [6.07, 6.45) is 6.00. The fraction of sp³-hybridized carbons (Fsp3) is 0.947. The summed E-state index contributed by atoms with van der Waals surface area (Å²) < 4.78 is 11.8. The lowest BCUT2D eigenvalue weighted by Gasteiger charge is -2.51. The quantitative estimate of drug-likeness (QED) is 0.470. The first kappa shape index (κ1) is 16.8. The Morgan fingerprint density at radius 3 is 2.83 bits per heavy atom. The minimum absolute atomic E-state index is 0.0235. The normalized spacial score (nSPS) is 46.8. The second-order valence-corrected chi connectivity index (χ2v) is 9.11. The molecule has 2 saturated carbocycles. The maximum absolute atomic E-state index is 12.5. The number of carbonyl (C=O) groups excluding carboxylic acids is 1. The summed E-state index contributed by atoms with van der Waals surface area (Å²) in [4.78, 5) is 14.6. The van der Waals surface area contributed by atoms with Gasteiger partial charge in [0.1, 0.15) is 6.10 Å². The van der Waals surface area contributed by atoms with E-state index in [4.69, 9.17) is 9.47 Å². The molecule has 0 unspecified atom stereocenters. The Morgan fingerprint density at radius 1 is 1.33 bits per heavy atom. The maximum Gasteiger partial charge on any atom is 0.310 e. The van der Waals surface area contributed by atoms with Gasteiger partial charge in [0, 0.05) is 25.6 Å². The molecule has 0 bridgehead atoms. The average molecular weight is 336 g/mol. The summed E-state index contributed by atoms with van der Waals surface area (Å²) in [6, 6.07) is 0. The highest BCUT2D eigenvalue weighted by molar-refractivity contribution is 5.75. The largest absolute Gasteiger partial charge is 0.462 e. The van der Waals surface area contributed by atoms with Crippen LogP contribution in [0.2, 0.25) is 0 Å². The molecular weight excluding hydrogens is 304 g/mol. The number of esters is 1. The molecule has 2 aliphatic heterocycles. The van der Waals surface area contributed by atoms with E-state index in [9.17, 15) is 4.79 Å². The number of rotatable bonds is 5. The van der Waals surface area contributed by atoms with E-state index < -0.39 is 0 Å². The fourth-order valence-electron chi connectivity index (χ4n) is 5.75. The van der Waals surface area contributed by atoms with Gasteiger partial charge in [0.25, 0.3) is 0 Å². The zero-order valence-corrected chi connectivity index (χ0v) is 15.3. The van der Waals surface area contributed by atoms with E-state index in [0.717, 1.165) is 39.1 Å². The predicted molar refractivity (Wildman–Crippen MR) is 91.6 cm³/mol. The summed E-state index contributed by atoms with van der Waals surface area (Å²) in [7, 11) is 4.14. The van der Waals surface area contributed by atoms with Crippen LogP contribution in [0.4, 0.5) is 0 Å². The Kier molecular flexibility index (Phi) is 4.17. The molecule has 0 aromatic rings. The molecule has 0 aromatic carbocycles. The molecule has 0 aromatic heterocycles. The summed E-state index contributed by atoms with van der Waals surface area (Å²) in [6.45, 7) is 6.01. The Morgan fingerprint density at radius 2 is 2.12 bits per heavy atom. The lowest BCUT2D eigenvalue weighted by Crippen LogP contribution is -2.51. The van der Waals surface area contributed by atoms with E-state index >= 15 is 0 Å². The van der Waals surface area contributed by atoms with Crippen LogP contribution in [0, 0.1) is 23.2 Å². The number of nitrogens with one attached hydrogen (secondary N) is 1. The van der Waals surface area contributed by atoms with Crippen molar-refractivity contribution < 1.29 is 14.3 Å². The van der Waals surface area contributed by atoms with E-state index in [-0.39, 0.29) is 23.6 Å². The third-order valence-corrected chi connectivity index (χ3v) is 7.18. The highest BCUT2D eigenvalue weighted by Crippen LogP contribution is 2.62. The topological polar surface area (TPSA) is 54.1 Å². The number of nitrogens with zero attached hydrogens (tertiary/aromatic N) is 1. The first-order chi connectivity index (χ1) is 11.4. The number of hydrogen-bond acceptors (Lipinski definition) is 5. The van der Waals surface area contributed by atoms with Crippen molar-refractivity contribution in [1.82, 2.24) is 10.2 Å². The molecule has 4 aliphatic rings. The molecule has 0 radical (unpaired) electrons. The molecule has 2 heterocycles. The molecule has 1 spiro atoms.